The number of nitrogens with one attached hydrogen (secondary N) is 1. The number of sulfone groups is 1. The average Bonchev–Trinajstić information content (AvgIpc) is 2.19. The van der Waals surface area contributed by atoms with Crippen molar-refractivity contribution in [3.05, 3.63) is 24.3 Å². The van der Waals surface area contributed by atoms with E-state index in [1.165, 1.54) is 0 Å². The highest BCUT2D eigenvalue weighted by atomic mass is 32.2. The quantitative estimate of drug-likeness (QED) is 0.819. The Labute approximate surface area is 90.2 Å². The Bertz CT molecular complexity index is 397. The Kier molecular flexibility index (Phi) is 4.11. The Morgan fingerprint density at radius 2 is 1.87 bits per heavy atom. The second kappa shape index (κ2) is 5.14. The Balaban J connectivity index is 2.89. The molecule has 0 aromatic heterocycles. The molecule has 0 bridgehead atoms. The van der Waals surface area contributed by atoms with Crippen LogP contribution in [0.3, 0.4) is 0 Å². The molecule has 4 nitrogen and oxygen atoms in total. The number of benzene rings is 1. The minimum atomic E-state index is -3.21. The zero-order valence-corrected chi connectivity index (χ0v) is 9.67. The van der Waals surface area contributed by atoms with Gasteiger partial charge in [0.2, 0.25) is 0 Å². The fourth-order valence-electron chi connectivity index (χ4n) is 1.18. The molecular weight excluding hydrogens is 214 g/mol. The first-order chi connectivity index (χ1) is 7.10. The van der Waals surface area contributed by atoms with Gasteiger partial charge in [0, 0.05) is 0 Å². The van der Waals surface area contributed by atoms with Crippen LogP contribution in [-0.4, -0.2) is 27.9 Å². The lowest BCUT2D eigenvalue weighted by Gasteiger charge is -2.05. The summed E-state index contributed by atoms with van der Waals surface area (Å²) in [6, 6.07) is 6.42. The Morgan fingerprint density at radius 3 is 2.33 bits per heavy atom. The van der Waals surface area contributed by atoms with Crippen molar-refractivity contribution in [1.29, 1.82) is 0 Å². The minimum Gasteiger partial charge on any atom is -0.494 e. The third-order valence-electron chi connectivity index (χ3n) is 1.83. The summed E-state index contributed by atoms with van der Waals surface area (Å²) < 4.78 is 28.4. The maximum Gasteiger partial charge on any atom is 0.191 e. The zero-order valence-electron chi connectivity index (χ0n) is 8.86. The number of hydrogen-bond donors (Lipinski definition) is 1. The maximum absolute atomic E-state index is 11.6. The van der Waals surface area contributed by atoms with E-state index < -0.39 is 9.84 Å². The van der Waals surface area contributed by atoms with Gasteiger partial charge in [-0.3, -0.25) is 0 Å². The van der Waals surface area contributed by atoms with E-state index in [1.54, 1.807) is 31.3 Å². The van der Waals surface area contributed by atoms with Crippen LogP contribution in [0.2, 0.25) is 0 Å². The molecule has 0 saturated carbocycles. The van der Waals surface area contributed by atoms with Gasteiger partial charge in [0.05, 0.1) is 11.5 Å². The standard InChI is InChI=1S/C10H15NO3S/c1-3-14-9-4-6-10(7-5-9)15(12,13)8-11-2/h4-7,11H,3,8H2,1-2H3. The molecule has 0 saturated heterocycles. The predicted molar refractivity (Wildman–Crippen MR) is 58.7 cm³/mol. The van der Waals surface area contributed by atoms with Crippen molar-refractivity contribution in [2.45, 2.75) is 11.8 Å². The van der Waals surface area contributed by atoms with Gasteiger partial charge >= 0.3 is 0 Å². The molecule has 15 heavy (non-hydrogen) atoms. The first-order valence-corrected chi connectivity index (χ1v) is 6.35. The van der Waals surface area contributed by atoms with E-state index in [0.29, 0.717) is 17.3 Å². The van der Waals surface area contributed by atoms with Crippen LogP contribution < -0.4 is 10.1 Å². The SMILES string of the molecule is CCOc1ccc(S(=O)(=O)CNC)cc1. The molecule has 5 heteroatoms. The van der Waals surface area contributed by atoms with Crippen LogP contribution in [0.4, 0.5) is 0 Å². The van der Waals surface area contributed by atoms with Crippen molar-refractivity contribution in [3.8, 4) is 5.75 Å². The van der Waals surface area contributed by atoms with Crippen LogP contribution in [0, 0.1) is 0 Å². The summed E-state index contributed by atoms with van der Waals surface area (Å²) in [5, 5.41) is 2.63. The van der Waals surface area contributed by atoms with Crippen LogP contribution in [0.15, 0.2) is 29.2 Å². The van der Waals surface area contributed by atoms with E-state index in [0.717, 1.165) is 0 Å². The molecule has 0 amide bonds. The molecule has 0 heterocycles. The molecular formula is C10H15NO3S. The lowest BCUT2D eigenvalue weighted by atomic mass is 10.3. The summed E-state index contributed by atoms with van der Waals surface area (Å²) in [4.78, 5) is 0.306. The van der Waals surface area contributed by atoms with Gasteiger partial charge in [-0.1, -0.05) is 0 Å². The topological polar surface area (TPSA) is 55.4 Å². The molecule has 0 fully saturated rings. The lowest BCUT2D eigenvalue weighted by molar-refractivity contribution is 0.340. The highest BCUT2D eigenvalue weighted by molar-refractivity contribution is 7.91. The van der Waals surface area contributed by atoms with E-state index in [-0.39, 0.29) is 5.88 Å². The van der Waals surface area contributed by atoms with Crippen LogP contribution >= 0.6 is 0 Å². The number of rotatable bonds is 5. The first-order valence-electron chi connectivity index (χ1n) is 4.70. The van der Waals surface area contributed by atoms with E-state index in [2.05, 4.69) is 5.32 Å². The van der Waals surface area contributed by atoms with Gasteiger partial charge in [-0.2, -0.15) is 0 Å². The summed E-state index contributed by atoms with van der Waals surface area (Å²) in [6.07, 6.45) is 0. The van der Waals surface area contributed by atoms with Crippen LogP contribution in [-0.2, 0) is 9.84 Å². The summed E-state index contributed by atoms with van der Waals surface area (Å²) in [7, 11) is -1.61. The summed E-state index contributed by atoms with van der Waals surface area (Å²) in [5.74, 6) is 0.627. The van der Waals surface area contributed by atoms with Crippen LogP contribution in [0.25, 0.3) is 0 Å². The van der Waals surface area contributed by atoms with Crippen molar-refractivity contribution >= 4 is 9.84 Å². The third kappa shape index (κ3) is 3.21. The predicted octanol–water partition coefficient (Wildman–Crippen LogP) is 1.04. The van der Waals surface area contributed by atoms with Crippen molar-refractivity contribution in [3.63, 3.8) is 0 Å². The van der Waals surface area contributed by atoms with Crippen LogP contribution in [0.5, 0.6) is 5.75 Å². The molecule has 0 aliphatic carbocycles. The van der Waals surface area contributed by atoms with E-state index in [4.69, 9.17) is 4.74 Å². The molecule has 0 aliphatic heterocycles. The molecule has 0 unspecified atom stereocenters. The van der Waals surface area contributed by atoms with Crippen molar-refractivity contribution in [2.75, 3.05) is 19.5 Å². The van der Waals surface area contributed by atoms with Gasteiger partial charge < -0.3 is 10.1 Å². The molecule has 0 atom stereocenters. The molecule has 1 N–H and O–H groups in total. The lowest BCUT2D eigenvalue weighted by Crippen LogP contribution is -2.18. The average molecular weight is 229 g/mol. The molecule has 0 aliphatic rings. The summed E-state index contributed by atoms with van der Waals surface area (Å²) >= 11 is 0. The smallest absolute Gasteiger partial charge is 0.191 e. The normalized spacial score (nSPS) is 11.3. The van der Waals surface area contributed by atoms with E-state index in [9.17, 15) is 8.42 Å². The third-order valence-corrected chi connectivity index (χ3v) is 3.49. The zero-order chi connectivity index (χ0) is 11.3. The molecule has 0 radical (unpaired) electrons. The fourth-order valence-corrected chi connectivity index (χ4v) is 2.28. The number of ether oxygens (including phenoxy) is 1. The van der Waals surface area contributed by atoms with Gasteiger partial charge in [0.25, 0.3) is 0 Å². The van der Waals surface area contributed by atoms with Crippen molar-refractivity contribution in [2.24, 2.45) is 0 Å². The van der Waals surface area contributed by atoms with Crippen molar-refractivity contribution in [1.82, 2.24) is 5.32 Å². The number of hydrogen-bond acceptors (Lipinski definition) is 4. The highest BCUT2D eigenvalue weighted by Gasteiger charge is 2.12. The minimum absolute atomic E-state index is 0.0546. The fraction of sp³-hybridized carbons (Fsp3) is 0.400. The monoisotopic (exact) mass is 229 g/mol. The van der Waals surface area contributed by atoms with Gasteiger partial charge in [0.1, 0.15) is 11.6 Å². The second-order valence-electron chi connectivity index (χ2n) is 3.02. The van der Waals surface area contributed by atoms with E-state index >= 15 is 0 Å². The Hall–Kier alpha value is -1.07. The van der Waals surface area contributed by atoms with Crippen molar-refractivity contribution < 1.29 is 13.2 Å². The molecule has 1 rings (SSSR count). The van der Waals surface area contributed by atoms with Gasteiger partial charge in [-0.05, 0) is 38.2 Å². The largest absolute Gasteiger partial charge is 0.494 e. The Morgan fingerprint density at radius 1 is 1.27 bits per heavy atom. The van der Waals surface area contributed by atoms with Gasteiger partial charge in [0.15, 0.2) is 9.84 Å². The summed E-state index contributed by atoms with van der Waals surface area (Å²) in [5.41, 5.74) is 0. The molecule has 84 valence electrons. The van der Waals surface area contributed by atoms with Crippen LogP contribution in [0.1, 0.15) is 6.92 Å². The first kappa shape index (κ1) is 12.0. The van der Waals surface area contributed by atoms with E-state index in [1.807, 2.05) is 6.92 Å². The second-order valence-corrected chi connectivity index (χ2v) is 5.01. The summed E-state index contributed by atoms with van der Waals surface area (Å²) in [6.45, 7) is 2.45. The highest BCUT2D eigenvalue weighted by Crippen LogP contribution is 2.16. The molecule has 0 spiro atoms. The molecule has 1 aromatic carbocycles. The van der Waals surface area contributed by atoms with Gasteiger partial charge in [-0.15, -0.1) is 0 Å². The van der Waals surface area contributed by atoms with Gasteiger partial charge in [-0.25, -0.2) is 8.42 Å². The molecule has 1 aromatic rings. The maximum atomic E-state index is 11.6.